The third kappa shape index (κ3) is 6.13. The Hall–Kier alpha value is -0.120. The average Bonchev–Trinajstić information content (AvgIpc) is 2.71. The molecule has 0 radical (unpaired) electrons. The van der Waals surface area contributed by atoms with E-state index in [1.807, 2.05) is 0 Å². The minimum atomic E-state index is 0.522. The van der Waals surface area contributed by atoms with Gasteiger partial charge in [0.15, 0.2) is 0 Å². The van der Waals surface area contributed by atoms with Crippen molar-refractivity contribution in [1.29, 1.82) is 0 Å². The zero-order valence-corrected chi connectivity index (χ0v) is 10.2. The highest BCUT2D eigenvalue weighted by molar-refractivity contribution is 4.69. The Morgan fingerprint density at radius 3 is 2.93 bits per heavy atom. The molecule has 0 aromatic carbocycles. The SMILES string of the molecule is CCCNCC(C)NCCC1CCCO1. The summed E-state index contributed by atoms with van der Waals surface area (Å²) in [6.07, 6.45) is 5.40. The Kier molecular flexibility index (Phi) is 6.98. The summed E-state index contributed by atoms with van der Waals surface area (Å²) in [6.45, 7) is 8.68. The lowest BCUT2D eigenvalue weighted by Crippen LogP contribution is -2.37. The topological polar surface area (TPSA) is 33.3 Å². The van der Waals surface area contributed by atoms with Crippen molar-refractivity contribution in [2.75, 3.05) is 26.2 Å². The molecule has 1 fully saturated rings. The summed E-state index contributed by atoms with van der Waals surface area (Å²) in [7, 11) is 0. The van der Waals surface area contributed by atoms with Crippen molar-refractivity contribution in [3.05, 3.63) is 0 Å². The Morgan fingerprint density at radius 1 is 1.40 bits per heavy atom. The van der Waals surface area contributed by atoms with Crippen molar-refractivity contribution in [1.82, 2.24) is 10.6 Å². The van der Waals surface area contributed by atoms with Crippen molar-refractivity contribution in [3.8, 4) is 0 Å². The highest BCUT2D eigenvalue weighted by atomic mass is 16.5. The molecule has 0 aromatic rings. The zero-order chi connectivity index (χ0) is 10.9. The van der Waals surface area contributed by atoms with Gasteiger partial charge in [0.2, 0.25) is 0 Å². The van der Waals surface area contributed by atoms with Gasteiger partial charge < -0.3 is 15.4 Å². The first-order chi connectivity index (χ1) is 7.33. The van der Waals surface area contributed by atoms with Gasteiger partial charge >= 0.3 is 0 Å². The van der Waals surface area contributed by atoms with E-state index >= 15 is 0 Å². The molecule has 1 aliphatic rings. The number of ether oxygens (including phenoxy) is 1. The first-order valence-corrected chi connectivity index (χ1v) is 6.38. The van der Waals surface area contributed by atoms with Crippen LogP contribution >= 0.6 is 0 Å². The van der Waals surface area contributed by atoms with E-state index in [0.29, 0.717) is 12.1 Å². The maximum atomic E-state index is 5.58. The van der Waals surface area contributed by atoms with Crippen LogP contribution in [0.4, 0.5) is 0 Å². The standard InChI is InChI=1S/C12H26N2O/c1-3-7-13-10-11(2)14-8-6-12-5-4-9-15-12/h11-14H,3-10H2,1-2H3. The third-order valence-electron chi connectivity index (χ3n) is 2.86. The van der Waals surface area contributed by atoms with Gasteiger partial charge in [-0.25, -0.2) is 0 Å². The second-order valence-corrected chi connectivity index (χ2v) is 4.48. The third-order valence-corrected chi connectivity index (χ3v) is 2.86. The number of hydrogen-bond donors (Lipinski definition) is 2. The molecule has 0 bridgehead atoms. The van der Waals surface area contributed by atoms with Crippen LogP contribution in [0.15, 0.2) is 0 Å². The summed E-state index contributed by atoms with van der Waals surface area (Å²) < 4.78 is 5.58. The Labute approximate surface area is 94.0 Å². The van der Waals surface area contributed by atoms with E-state index in [9.17, 15) is 0 Å². The van der Waals surface area contributed by atoms with Crippen molar-refractivity contribution in [2.24, 2.45) is 0 Å². The normalized spacial score (nSPS) is 23.2. The molecule has 0 spiro atoms. The number of nitrogens with one attached hydrogen (secondary N) is 2. The smallest absolute Gasteiger partial charge is 0.0588 e. The second-order valence-electron chi connectivity index (χ2n) is 4.48. The summed E-state index contributed by atoms with van der Waals surface area (Å²) >= 11 is 0. The fourth-order valence-electron chi connectivity index (χ4n) is 1.93. The number of hydrogen-bond acceptors (Lipinski definition) is 3. The number of rotatable bonds is 8. The van der Waals surface area contributed by atoms with Crippen LogP contribution in [0, 0.1) is 0 Å². The van der Waals surface area contributed by atoms with E-state index < -0.39 is 0 Å². The van der Waals surface area contributed by atoms with E-state index in [4.69, 9.17) is 4.74 Å². The molecule has 0 aliphatic carbocycles. The van der Waals surface area contributed by atoms with Gasteiger partial charge in [-0.1, -0.05) is 6.92 Å². The highest BCUT2D eigenvalue weighted by Gasteiger charge is 2.14. The van der Waals surface area contributed by atoms with Crippen LogP contribution in [0.1, 0.15) is 39.5 Å². The minimum Gasteiger partial charge on any atom is -0.378 e. The van der Waals surface area contributed by atoms with Crippen LogP contribution in [-0.4, -0.2) is 38.4 Å². The second kappa shape index (κ2) is 8.08. The molecule has 3 heteroatoms. The summed E-state index contributed by atoms with van der Waals surface area (Å²) in [6, 6.07) is 0.568. The first-order valence-electron chi connectivity index (χ1n) is 6.38. The molecule has 0 aromatic heterocycles. The monoisotopic (exact) mass is 214 g/mol. The van der Waals surface area contributed by atoms with Crippen molar-refractivity contribution in [3.63, 3.8) is 0 Å². The molecule has 0 saturated carbocycles. The van der Waals surface area contributed by atoms with Gasteiger partial charge in [-0.05, 0) is 45.7 Å². The van der Waals surface area contributed by atoms with Crippen molar-refractivity contribution < 1.29 is 4.74 Å². The van der Waals surface area contributed by atoms with Crippen molar-refractivity contribution >= 4 is 0 Å². The summed E-state index contributed by atoms with van der Waals surface area (Å²) in [5.74, 6) is 0. The summed E-state index contributed by atoms with van der Waals surface area (Å²) in [5, 5.41) is 6.95. The van der Waals surface area contributed by atoms with Crippen LogP contribution < -0.4 is 10.6 Å². The summed E-state index contributed by atoms with van der Waals surface area (Å²) in [5.41, 5.74) is 0. The lowest BCUT2D eigenvalue weighted by atomic mass is 10.2. The van der Waals surface area contributed by atoms with Crippen molar-refractivity contribution in [2.45, 2.75) is 51.7 Å². The molecule has 3 nitrogen and oxygen atoms in total. The Morgan fingerprint density at radius 2 is 2.27 bits per heavy atom. The molecule has 1 rings (SSSR count). The minimum absolute atomic E-state index is 0.522. The fraction of sp³-hybridized carbons (Fsp3) is 1.00. The highest BCUT2D eigenvalue weighted by Crippen LogP contribution is 2.14. The molecule has 90 valence electrons. The fourth-order valence-corrected chi connectivity index (χ4v) is 1.93. The summed E-state index contributed by atoms with van der Waals surface area (Å²) in [4.78, 5) is 0. The van der Waals surface area contributed by atoms with E-state index in [0.717, 1.165) is 32.7 Å². The maximum absolute atomic E-state index is 5.58. The van der Waals surface area contributed by atoms with E-state index in [1.54, 1.807) is 0 Å². The van der Waals surface area contributed by atoms with Gasteiger partial charge in [0.1, 0.15) is 0 Å². The van der Waals surface area contributed by atoms with Crippen LogP contribution in [0.2, 0.25) is 0 Å². The van der Waals surface area contributed by atoms with Crippen LogP contribution in [0.3, 0.4) is 0 Å². The molecule has 15 heavy (non-hydrogen) atoms. The van der Waals surface area contributed by atoms with Gasteiger partial charge in [0.25, 0.3) is 0 Å². The first kappa shape index (κ1) is 12.9. The molecular formula is C12H26N2O. The molecule has 2 atom stereocenters. The van der Waals surface area contributed by atoms with E-state index in [-0.39, 0.29) is 0 Å². The van der Waals surface area contributed by atoms with E-state index in [2.05, 4.69) is 24.5 Å². The largest absolute Gasteiger partial charge is 0.378 e. The van der Waals surface area contributed by atoms with Gasteiger partial charge in [-0.3, -0.25) is 0 Å². The van der Waals surface area contributed by atoms with Gasteiger partial charge in [0.05, 0.1) is 6.10 Å². The molecular weight excluding hydrogens is 188 g/mol. The Balaban J connectivity index is 1.89. The predicted octanol–water partition coefficient (Wildman–Crippen LogP) is 1.53. The van der Waals surface area contributed by atoms with E-state index in [1.165, 1.54) is 19.3 Å². The zero-order valence-electron chi connectivity index (χ0n) is 10.2. The lowest BCUT2D eigenvalue weighted by Gasteiger charge is -2.16. The molecule has 1 aliphatic heterocycles. The van der Waals surface area contributed by atoms with Gasteiger partial charge in [-0.15, -0.1) is 0 Å². The molecule has 1 heterocycles. The lowest BCUT2D eigenvalue weighted by molar-refractivity contribution is 0.103. The average molecular weight is 214 g/mol. The van der Waals surface area contributed by atoms with Crippen LogP contribution in [-0.2, 0) is 4.74 Å². The van der Waals surface area contributed by atoms with Gasteiger partial charge in [0, 0.05) is 19.2 Å². The van der Waals surface area contributed by atoms with Crippen LogP contribution in [0.25, 0.3) is 0 Å². The van der Waals surface area contributed by atoms with Crippen LogP contribution in [0.5, 0.6) is 0 Å². The predicted molar refractivity (Wildman–Crippen MR) is 64.2 cm³/mol. The maximum Gasteiger partial charge on any atom is 0.0588 e. The molecule has 1 saturated heterocycles. The quantitative estimate of drug-likeness (QED) is 0.601. The molecule has 2 N–H and O–H groups in total. The molecule has 0 amide bonds. The molecule has 2 unspecified atom stereocenters. The Bertz CT molecular complexity index is 147. The van der Waals surface area contributed by atoms with Gasteiger partial charge in [-0.2, -0.15) is 0 Å².